The van der Waals surface area contributed by atoms with Gasteiger partial charge in [0.1, 0.15) is 0 Å². The van der Waals surface area contributed by atoms with E-state index in [2.05, 4.69) is 23.9 Å². The SMILES string of the molecule is CCCCn1cc(C#CCN)cn1. The van der Waals surface area contributed by atoms with Gasteiger partial charge in [0.2, 0.25) is 0 Å². The molecular weight excluding hydrogens is 162 g/mol. The van der Waals surface area contributed by atoms with Crippen LogP contribution in [0.5, 0.6) is 0 Å². The molecule has 3 heteroatoms. The Morgan fingerprint density at radius 3 is 3.15 bits per heavy atom. The molecule has 0 spiro atoms. The second kappa shape index (κ2) is 5.39. The van der Waals surface area contributed by atoms with Crippen LogP contribution < -0.4 is 5.73 Å². The highest BCUT2D eigenvalue weighted by molar-refractivity contribution is 5.29. The average Bonchev–Trinajstić information content (AvgIpc) is 2.59. The molecule has 0 aromatic carbocycles. The van der Waals surface area contributed by atoms with E-state index in [4.69, 9.17) is 5.73 Å². The van der Waals surface area contributed by atoms with Gasteiger partial charge in [0, 0.05) is 12.7 Å². The average molecular weight is 177 g/mol. The van der Waals surface area contributed by atoms with E-state index in [1.165, 1.54) is 6.42 Å². The molecule has 0 aliphatic carbocycles. The van der Waals surface area contributed by atoms with Crippen LogP contribution in [0.1, 0.15) is 25.3 Å². The molecular formula is C10H15N3. The van der Waals surface area contributed by atoms with Crippen molar-refractivity contribution >= 4 is 0 Å². The predicted molar refractivity (Wildman–Crippen MR) is 53.1 cm³/mol. The lowest BCUT2D eigenvalue weighted by Crippen LogP contribution is -1.96. The molecule has 1 rings (SSSR count). The summed E-state index contributed by atoms with van der Waals surface area (Å²) in [7, 11) is 0. The van der Waals surface area contributed by atoms with E-state index in [-0.39, 0.29) is 0 Å². The first-order valence-corrected chi connectivity index (χ1v) is 4.58. The van der Waals surface area contributed by atoms with E-state index in [0.29, 0.717) is 6.54 Å². The molecule has 1 aromatic rings. The van der Waals surface area contributed by atoms with Crippen LogP contribution in [0.3, 0.4) is 0 Å². The predicted octanol–water partition coefficient (Wildman–Crippen LogP) is 0.993. The zero-order valence-electron chi connectivity index (χ0n) is 7.95. The largest absolute Gasteiger partial charge is 0.320 e. The third kappa shape index (κ3) is 3.30. The summed E-state index contributed by atoms with van der Waals surface area (Å²) < 4.78 is 1.92. The van der Waals surface area contributed by atoms with Crippen molar-refractivity contribution in [1.29, 1.82) is 0 Å². The molecule has 0 aliphatic heterocycles. The fourth-order valence-corrected chi connectivity index (χ4v) is 1.02. The van der Waals surface area contributed by atoms with Crippen molar-refractivity contribution < 1.29 is 0 Å². The Bertz CT molecular complexity index is 303. The molecule has 0 fully saturated rings. The standard InChI is InChI=1S/C10H15N3/c1-2-3-7-13-9-10(8-12-13)5-4-6-11/h8-9H,2-3,6-7,11H2,1H3. The molecule has 0 saturated carbocycles. The molecule has 0 unspecified atom stereocenters. The van der Waals surface area contributed by atoms with Crippen LogP contribution in [0.2, 0.25) is 0 Å². The summed E-state index contributed by atoms with van der Waals surface area (Å²) in [5.41, 5.74) is 6.21. The fraction of sp³-hybridized carbons (Fsp3) is 0.500. The summed E-state index contributed by atoms with van der Waals surface area (Å²) in [6, 6.07) is 0. The Labute approximate surface area is 78.9 Å². The Hall–Kier alpha value is -1.27. The van der Waals surface area contributed by atoms with Gasteiger partial charge in [-0.2, -0.15) is 5.10 Å². The summed E-state index contributed by atoms with van der Waals surface area (Å²) in [5, 5.41) is 4.18. The molecule has 1 aromatic heterocycles. The number of aromatic nitrogens is 2. The summed E-state index contributed by atoms with van der Waals surface area (Å²) in [5.74, 6) is 5.74. The number of hydrogen-bond acceptors (Lipinski definition) is 2. The van der Waals surface area contributed by atoms with Crippen LogP contribution in [0.15, 0.2) is 12.4 Å². The van der Waals surface area contributed by atoms with Gasteiger partial charge in [-0.3, -0.25) is 4.68 Å². The Morgan fingerprint density at radius 1 is 1.62 bits per heavy atom. The molecule has 0 atom stereocenters. The van der Waals surface area contributed by atoms with Crippen molar-refractivity contribution in [3.8, 4) is 11.8 Å². The van der Waals surface area contributed by atoms with Crippen molar-refractivity contribution in [3.63, 3.8) is 0 Å². The molecule has 1 heterocycles. The van der Waals surface area contributed by atoms with E-state index < -0.39 is 0 Å². The molecule has 0 aliphatic rings. The van der Waals surface area contributed by atoms with Gasteiger partial charge in [-0.15, -0.1) is 0 Å². The number of aryl methyl sites for hydroxylation is 1. The van der Waals surface area contributed by atoms with Gasteiger partial charge >= 0.3 is 0 Å². The Balaban J connectivity index is 2.53. The lowest BCUT2D eigenvalue weighted by molar-refractivity contribution is 0.572. The van der Waals surface area contributed by atoms with Crippen molar-refractivity contribution in [3.05, 3.63) is 18.0 Å². The first kappa shape index (κ1) is 9.82. The highest BCUT2D eigenvalue weighted by Gasteiger charge is 1.93. The number of unbranched alkanes of at least 4 members (excludes halogenated alkanes) is 1. The smallest absolute Gasteiger partial charge is 0.0646 e. The minimum Gasteiger partial charge on any atom is -0.320 e. The van der Waals surface area contributed by atoms with E-state index >= 15 is 0 Å². The maximum atomic E-state index is 5.26. The van der Waals surface area contributed by atoms with Crippen molar-refractivity contribution in [1.82, 2.24) is 9.78 Å². The number of rotatable bonds is 3. The molecule has 0 amide bonds. The van der Waals surface area contributed by atoms with Gasteiger partial charge in [-0.1, -0.05) is 25.2 Å². The molecule has 0 radical (unpaired) electrons. The molecule has 0 bridgehead atoms. The zero-order chi connectivity index (χ0) is 9.52. The highest BCUT2D eigenvalue weighted by atomic mass is 15.3. The first-order valence-electron chi connectivity index (χ1n) is 4.58. The third-order valence-electron chi connectivity index (χ3n) is 1.71. The fourth-order valence-electron chi connectivity index (χ4n) is 1.02. The Morgan fingerprint density at radius 2 is 2.46 bits per heavy atom. The van der Waals surface area contributed by atoms with Gasteiger partial charge < -0.3 is 5.73 Å². The van der Waals surface area contributed by atoms with Crippen LogP contribution in [-0.4, -0.2) is 16.3 Å². The summed E-state index contributed by atoms with van der Waals surface area (Å²) in [6.45, 7) is 3.54. The van der Waals surface area contributed by atoms with Crippen molar-refractivity contribution in [2.24, 2.45) is 5.73 Å². The summed E-state index contributed by atoms with van der Waals surface area (Å²) >= 11 is 0. The van der Waals surface area contributed by atoms with Gasteiger partial charge in [0.05, 0.1) is 18.3 Å². The Kier molecular flexibility index (Phi) is 4.07. The van der Waals surface area contributed by atoms with Crippen LogP contribution >= 0.6 is 0 Å². The summed E-state index contributed by atoms with van der Waals surface area (Å²) in [4.78, 5) is 0. The van der Waals surface area contributed by atoms with E-state index in [1.807, 2.05) is 10.9 Å². The minimum absolute atomic E-state index is 0.403. The van der Waals surface area contributed by atoms with Crippen LogP contribution in [0, 0.1) is 11.8 Å². The molecule has 0 saturated heterocycles. The molecule has 3 nitrogen and oxygen atoms in total. The van der Waals surface area contributed by atoms with E-state index in [9.17, 15) is 0 Å². The molecule has 13 heavy (non-hydrogen) atoms. The van der Waals surface area contributed by atoms with Gasteiger partial charge in [-0.05, 0) is 6.42 Å². The van der Waals surface area contributed by atoms with Gasteiger partial charge in [0.15, 0.2) is 0 Å². The van der Waals surface area contributed by atoms with Crippen LogP contribution in [0.25, 0.3) is 0 Å². The first-order chi connectivity index (χ1) is 6.36. The normalized spacial score (nSPS) is 9.38. The van der Waals surface area contributed by atoms with Crippen molar-refractivity contribution in [2.75, 3.05) is 6.54 Å². The molecule has 2 N–H and O–H groups in total. The minimum atomic E-state index is 0.403. The monoisotopic (exact) mass is 177 g/mol. The summed E-state index contributed by atoms with van der Waals surface area (Å²) in [6.07, 6.45) is 6.08. The quantitative estimate of drug-likeness (QED) is 0.700. The number of hydrogen-bond donors (Lipinski definition) is 1. The lowest BCUT2D eigenvalue weighted by Gasteiger charge is -1.96. The van der Waals surface area contributed by atoms with Crippen LogP contribution in [0.4, 0.5) is 0 Å². The van der Waals surface area contributed by atoms with Crippen molar-refractivity contribution in [2.45, 2.75) is 26.3 Å². The van der Waals surface area contributed by atoms with E-state index in [0.717, 1.165) is 18.5 Å². The topological polar surface area (TPSA) is 43.8 Å². The number of nitrogens with two attached hydrogens (primary N) is 1. The van der Waals surface area contributed by atoms with Gasteiger partial charge in [-0.25, -0.2) is 0 Å². The zero-order valence-corrected chi connectivity index (χ0v) is 7.95. The third-order valence-corrected chi connectivity index (χ3v) is 1.71. The number of nitrogens with zero attached hydrogens (tertiary/aromatic N) is 2. The highest BCUT2D eigenvalue weighted by Crippen LogP contribution is 1.97. The van der Waals surface area contributed by atoms with Gasteiger partial charge in [0.25, 0.3) is 0 Å². The lowest BCUT2D eigenvalue weighted by atomic mass is 10.3. The second-order valence-corrected chi connectivity index (χ2v) is 2.85. The maximum absolute atomic E-state index is 5.26. The molecule has 70 valence electrons. The van der Waals surface area contributed by atoms with E-state index in [1.54, 1.807) is 6.20 Å². The maximum Gasteiger partial charge on any atom is 0.0646 e. The van der Waals surface area contributed by atoms with Crippen LogP contribution in [-0.2, 0) is 6.54 Å². The second-order valence-electron chi connectivity index (χ2n) is 2.85.